The number of rotatable bonds is 5. The highest BCUT2D eigenvalue weighted by Crippen LogP contribution is 2.38. The molecule has 0 spiro atoms. The fourth-order valence-electron chi connectivity index (χ4n) is 3.11. The molecule has 1 amide bonds. The molecule has 1 aliphatic heterocycles. The van der Waals surface area contributed by atoms with Crippen molar-refractivity contribution >= 4 is 6.41 Å². The third-order valence-corrected chi connectivity index (χ3v) is 3.99. The van der Waals surface area contributed by atoms with Gasteiger partial charge in [-0.1, -0.05) is 13.3 Å². The number of hydrogen-bond acceptors (Lipinski definition) is 3. The second-order valence-corrected chi connectivity index (χ2v) is 6.70. The highest BCUT2D eigenvalue weighted by molar-refractivity contribution is 5.48. The Bertz CT molecular complexity index is 272. The summed E-state index contributed by atoms with van der Waals surface area (Å²) in [7, 11) is 0. The number of hydroxylamine groups is 2. The van der Waals surface area contributed by atoms with E-state index in [-0.39, 0.29) is 17.1 Å². The zero-order chi connectivity index (χ0) is 14.0. The first-order chi connectivity index (χ1) is 8.24. The zero-order valence-electron chi connectivity index (χ0n) is 12.4. The highest BCUT2D eigenvalue weighted by Gasteiger charge is 2.46. The van der Waals surface area contributed by atoms with Gasteiger partial charge in [0.25, 0.3) is 0 Å². The molecule has 1 aliphatic rings. The molecular weight excluding hydrogens is 228 g/mol. The van der Waals surface area contributed by atoms with Crippen LogP contribution in [0.3, 0.4) is 0 Å². The minimum atomic E-state index is -0.292. The molecule has 0 aromatic rings. The lowest BCUT2D eigenvalue weighted by atomic mass is 9.78. The lowest BCUT2D eigenvalue weighted by Gasteiger charge is -2.53. The molecule has 18 heavy (non-hydrogen) atoms. The van der Waals surface area contributed by atoms with Gasteiger partial charge in [0.05, 0.1) is 0 Å². The number of piperidine rings is 1. The molecule has 0 saturated carbocycles. The maximum atomic E-state index is 11.3. The molecule has 4 heteroatoms. The van der Waals surface area contributed by atoms with Crippen LogP contribution in [-0.2, 0) is 4.79 Å². The molecule has 0 atom stereocenters. The molecule has 0 bridgehead atoms. The van der Waals surface area contributed by atoms with Crippen LogP contribution in [0, 0.1) is 0 Å². The zero-order valence-corrected chi connectivity index (χ0v) is 12.4. The van der Waals surface area contributed by atoms with Crippen molar-refractivity contribution in [3.05, 3.63) is 0 Å². The predicted octanol–water partition coefficient (Wildman–Crippen LogP) is 2.66. The molecule has 1 N–H and O–H groups in total. The number of unbranched alkanes of at least 4 members (excludes halogenated alkanes) is 1. The van der Waals surface area contributed by atoms with Crippen molar-refractivity contribution in [3.63, 3.8) is 0 Å². The third kappa shape index (κ3) is 3.23. The molecule has 1 heterocycles. The maximum Gasteiger partial charge on any atom is 0.209 e. The lowest BCUT2D eigenvalue weighted by Crippen LogP contribution is -2.62. The van der Waals surface area contributed by atoms with Crippen molar-refractivity contribution in [2.24, 2.45) is 0 Å². The van der Waals surface area contributed by atoms with Crippen LogP contribution in [0.15, 0.2) is 0 Å². The van der Waals surface area contributed by atoms with Gasteiger partial charge < -0.3 is 10.1 Å². The van der Waals surface area contributed by atoms with Crippen molar-refractivity contribution in [2.45, 2.75) is 77.4 Å². The summed E-state index contributed by atoms with van der Waals surface area (Å²) in [6, 6.07) is 0.224. The van der Waals surface area contributed by atoms with Gasteiger partial charge in [-0.25, -0.2) is 0 Å². The Morgan fingerprint density at radius 3 is 2.17 bits per heavy atom. The quantitative estimate of drug-likeness (QED) is 0.769. The van der Waals surface area contributed by atoms with Crippen LogP contribution < -0.4 is 0 Å². The topological polar surface area (TPSA) is 43.8 Å². The van der Waals surface area contributed by atoms with Crippen LogP contribution in [0.4, 0.5) is 0 Å². The summed E-state index contributed by atoms with van der Waals surface area (Å²) in [6.45, 7) is 11.1. The number of carbonyl (C=O) groups excluding carboxylic acids is 1. The molecule has 0 aromatic heterocycles. The maximum absolute atomic E-state index is 11.3. The lowest BCUT2D eigenvalue weighted by molar-refractivity contribution is -0.251. The first-order valence-corrected chi connectivity index (χ1v) is 6.95. The molecule has 1 fully saturated rings. The number of amides is 1. The van der Waals surface area contributed by atoms with E-state index < -0.39 is 0 Å². The Labute approximate surface area is 111 Å². The minimum absolute atomic E-state index is 0.224. The van der Waals surface area contributed by atoms with Crippen molar-refractivity contribution < 1.29 is 10.0 Å². The van der Waals surface area contributed by atoms with E-state index in [1.807, 2.05) is 32.6 Å². The molecule has 0 aliphatic carbocycles. The molecule has 1 saturated heterocycles. The van der Waals surface area contributed by atoms with Crippen LogP contribution in [0.25, 0.3) is 0 Å². The van der Waals surface area contributed by atoms with Gasteiger partial charge in [0.1, 0.15) is 0 Å². The van der Waals surface area contributed by atoms with Crippen LogP contribution in [-0.4, -0.2) is 45.2 Å². The van der Waals surface area contributed by atoms with Gasteiger partial charge in [0.2, 0.25) is 6.41 Å². The smallest absolute Gasteiger partial charge is 0.209 e. The SMILES string of the molecule is CCCCN(C=O)C1CC(C)(C)N(O)C(C)(C)C1. The Morgan fingerprint density at radius 1 is 1.28 bits per heavy atom. The first-order valence-electron chi connectivity index (χ1n) is 6.95. The summed E-state index contributed by atoms with van der Waals surface area (Å²) in [4.78, 5) is 13.2. The van der Waals surface area contributed by atoms with Crippen LogP contribution in [0.5, 0.6) is 0 Å². The van der Waals surface area contributed by atoms with E-state index in [1.165, 1.54) is 5.06 Å². The summed E-state index contributed by atoms with van der Waals surface area (Å²) in [5.41, 5.74) is -0.584. The molecular formula is C14H28N2O2. The summed E-state index contributed by atoms with van der Waals surface area (Å²) < 4.78 is 0. The molecule has 1 rings (SSSR count). The van der Waals surface area contributed by atoms with Crippen molar-refractivity contribution in [2.75, 3.05) is 6.54 Å². The average molecular weight is 256 g/mol. The van der Waals surface area contributed by atoms with E-state index in [9.17, 15) is 10.0 Å². The summed E-state index contributed by atoms with van der Waals surface area (Å²) in [5.74, 6) is 0. The van der Waals surface area contributed by atoms with Crippen molar-refractivity contribution in [1.82, 2.24) is 9.96 Å². The number of nitrogens with zero attached hydrogens (tertiary/aromatic N) is 2. The number of hydrogen-bond donors (Lipinski definition) is 1. The van der Waals surface area contributed by atoms with Gasteiger partial charge >= 0.3 is 0 Å². The fraction of sp³-hybridized carbons (Fsp3) is 0.929. The van der Waals surface area contributed by atoms with Gasteiger partial charge in [-0.05, 0) is 47.0 Å². The van der Waals surface area contributed by atoms with E-state index in [2.05, 4.69) is 6.92 Å². The van der Waals surface area contributed by atoms with Crippen LogP contribution >= 0.6 is 0 Å². The second-order valence-electron chi connectivity index (χ2n) is 6.70. The standard InChI is InChI=1S/C14H28N2O2/c1-6-7-8-15(11-17)12-9-13(2,3)16(18)14(4,5)10-12/h11-12,18H,6-10H2,1-5H3. The Balaban J connectivity index is 2.81. The van der Waals surface area contributed by atoms with Gasteiger partial charge in [-0.2, -0.15) is 5.06 Å². The summed E-state index contributed by atoms with van der Waals surface area (Å²) in [6.07, 6.45) is 4.74. The van der Waals surface area contributed by atoms with Crippen LogP contribution in [0.1, 0.15) is 60.3 Å². The van der Waals surface area contributed by atoms with Crippen LogP contribution in [0.2, 0.25) is 0 Å². The Morgan fingerprint density at radius 2 is 1.78 bits per heavy atom. The van der Waals surface area contributed by atoms with E-state index in [0.717, 1.165) is 38.6 Å². The largest absolute Gasteiger partial charge is 0.342 e. The first kappa shape index (κ1) is 15.4. The van der Waals surface area contributed by atoms with Gasteiger partial charge in [0.15, 0.2) is 0 Å². The Hall–Kier alpha value is -0.610. The van der Waals surface area contributed by atoms with E-state index >= 15 is 0 Å². The van der Waals surface area contributed by atoms with Crippen molar-refractivity contribution in [1.29, 1.82) is 0 Å². The number of carbonyl (C=O) groups is 1. The van der Waals surface area contributed by atoms with E-state index in [4.69, 9.17) is 0 Å². The van der Waals surface area contributed by atoms with Gasteiger partial charge in [-0.3, -0.25) is 4.79 Å². The fourth-order valence-corrected chi connectivity index (χ4v) is 3.11. The summed E-state index contributed by atoms with van der Waals surface area (Å²) in [5, 5.41) is 11.7. The van der Waals surface area contributed by atoms with Gasteiger partial charge in [-0.15, -0.1) is 0 Å². The van der Waals surface area contributed by atoms with E-state index in [1.54, 1.807) is 0 Å². The minimum Gasteiger partial charge on any atom is -0.342 e. The molecule has 0 unspecified atom stereocenters. The van der Waals surface area contributed by atoms with Gasteiger partial charge in [0, 0.05) is 23.7 Å². The highest BCUT2D eigenvalue weighted by atomic mass is 16.5. The average Bonchev–Trinajstić information content (AvgIpc) is 2.26. The van der Waals surface area contributed by atoms with Crippen molar-refractivity contribution in [3.8, 4) is 0 Å². The molecule has 4 nitrogen and oxygen atoms in total. The molecule has 0 radical (unpaired) electrons. The normalized spacial score (nSPS) is 23.9. The summed E-state index contributed by atoms with van der Waals surface area (Å²) >= 11 is 0. The Kier molecular flexibility index (Phi) is 4.78. The second kappa shape index (κ2) is 5.57. The monoisotopic (exact) mass is 256 g/mol. The predicted molar refractivity (Wildman–Crippen MR) is 72.5 cm³/mol. The third-order valence-electron chi connectivity index (χ3n) is 3.99. The molecule has 0 aromatic carbocycles. The molecule has 106 valence electrons. The van der Waals surface area contributed by atoms with E-state index in [0.29, 0.717) is 0 Å².